The summed E-state index contributed by atoms with van der Waals surface area (Å²) >= 11 is 0. The molecule has 0 saturated heterocycles. The molecule has 2 aromatic carbocycles. The van der Waals surface area contributed by atoms with Gasteiger partial charge in [0.2, 0.25) is 5.91 Å². The van der Waals surface area contributed by atoms with E-state index in [9.17, 15) is 9.59 Å². The van der Waals surface area contributed by atoms with Crippen LogP contribution < -0.4 is 5.32 Å². The number of unbranched alkanes of at least 4 members (excludes halogenated alkanes) is 1. The van der Waals surface area contributed by atoms with Crippen molar-refractivity contribution in [1.82, 2.24) is 10.2 Å². The van der Waals surface area contributed by atoms with Gasteiger partial charge >= 0.3 is 0 Å². The van der Waals surface area contributed by atoms with Crippen LogP contribution in [0.5, 0.6) is 0 Å². The van der Waals surface area contributed by atoms with E-state index in [0.29, 0.717) is 31.6 Å². The Labute approximate surface area is 174 Å². The van der Waals surface area contributed by atoms with Gasteiger partial charge in [-0.15, -0.1) is 0 Å². The summed E-state index contributed by atoms with van der Waals surface area (Å²) in [4.78, 5) is 26.0. The lowest BCUT2D eigenvalue weighted by Gasteiger charge is -2.18. The zero-order valence-electron chi connectivity index (χ0n) is 17.4. The molecule has 2 amide bonds. The number of amides is 2. The Morgan fingerprint density at radius 3 is 2.28 bits per heavy atom. The molecule has 0 bridgehead atoms. The number of nitrogens with zero attached hydrogens (tertiary/aromatic N) is 1. The first-order valence-electron chi connectivity index (χ1n) is 10.3. The van der Waals surface area contributed by atoms with Crippen molar-refractivity contribution >= 4 is 11.8 Å². The maximum Gasteiger partial charge on any atom is 0.253 e. The van der Waals surface area contributed by atoms with Crippen molar-refractivity contribution in [3.63, 3.8) is 0 Å². The molecular weight excluding hydrogens is 360 g/mol. The van der Waals surface area contributed by atoms with E-state index in [-0.39, 0.29) is 11.8 Å². The first kappa shape index (κ1) is 22.2. The van der Waals surface area contributed by atoms with Gasteiger partial charge in [-0.1, -0.05) is 42.2 Å². The average molecular weight is 391 g/mol. The minimum atomic E-state index is 0.0347. The number of hydrogen-bond donors (Lipinski definition) is 1. The summed E-state index contributed by atoms with van der Waals surface area (Å²) < 4.78 is 0. The highest BCUT2D eigenvalue weighted by Crippen LogP contribution is 2.08. The van der Waals surface area contributed by atoms with Crippen LogP contribution in [-0.2, 0) is 11.2 Å². The number of nitrogens with one attached hydrogen (secondary N) is 1. The van der Waals surface area contributed by atoms with Crippen LogP contribution in [0.3, 0.4) is 0 Å². The predicted octanol–water partition coefficient (Wildman–Crippen LogP) is 4.05. The van der Waals surface area contributed by atoms with Crippen LogP contribution in [0.15, 0.2) is 54.6 Å². The van der Waals surface area contributed by atoms with Crippen molar-refractivity contribution in [1.29, 1.82) is 0 Å². The van der Waals surface area contributed by atoms with Crippen LogP contribution in [0.2, 0.25) is 0 Å². The van der Waals surface area contributed by atoms with Gasteiger partial charge in [-0.2, -0.15) is 0 Å². The Bertz CT molecular complexity index is 829. The van der Waals surface area contributed by atoms with E-state index in [1.807, 2.05) is 44.2 Å². The summed E-state index contributed by atoms with van der Waals surface area (Å²) in [5.41, 5.74) is 2.81. The lowest BCUT2D eigenvalue weighted by molar-refractivity contribution is -0.120. The number of aryl methyl sites for hydroxylation is 1. The first-order valence-corrected chi connectivity index (χ1v) is 10.3. The van der Waals surface area contributed by atoms with E-state index < -0.39 is 0 Å². The van der Waals surface area contributed by atoms with Crippen LogP contribution >= 0.6 is 0 Å². The molecule has 0 spiro atoms. The van der Waals surface area contributed by atoms with Gasteiger partial charge in [0.1, 0.15) is 0 Å². The lowest BCUT2D eigenvalue weighted by Crippen LogP contribution is -2.30. The second kappa shape index (κ2) is 12.4. The van der Waals surface area contributed by atoms with Gasteiger partial charge in [-0.3, -0.25) is 9.59 Å². The zero-order valence-corrected chi connectivity index (χ0v) is 17.4. The quantitative estimate of drug-likeness (QED) is 0.519. The molecule has 0 aromatic heterocycles. The van der Waals surface area contributed by atoms with Gasteiger partial charge in [-0.05, 0) is 62.9 Å². The summed E-state index contributed by atoms with van der Waals surface area (Å²) in [6, 6.07) is 17.6. The topological polar surface area (TPSA) is 49.4 Å². The normalized spacial score (nSPS) is 10.0. The third-order valence-electron chi connectivity index (χ3n) is 4.75. The molecule has 0 aliphatic heterocycles. The van der Waals surface area contributed by atoms with E-state index in [4.69, 9.17) is 0 Å². The number of hydrogen-bond acceptors (Lipinski definition) is 2. The smallest absolute Gasteiger partial charge is 0.253 e. The minimum absolute atomic E-state index is 0.0347. The monoisotopic (exact) mass is 390 g/mol. The van der Waals surface area contributed by atoms with Gasteiger partial charge in [-0.25, -0.2) is 0 Å². The molecule has 4 heteroatoms. The SMILES string of the molecule is CCN(CC)C(=O)c1ccc(C#CCNC(=O)CCCCc2ccccc2)cc1. The van der Waals surface area contributed by atoms with E-state index >= 15 is 0 Å². The number of carbonyl (C=O) groups is 2. The van der Waals surface area contributed by atoms with Gasteiger partial charge in [0, 0.05) is 30.6 Å². The fourth-order valence-corrected chi connectivity index (χ4v) is 3.03. The van der Waals surface area contributed by atoms with Crippen LogP contribution in [0, 0.1) is 11.8 Å². The Morgan fingerprint density at radius 2 is 1.62 bits per heavy atom. The maximum atomic E-state index is 12.3. The molecule has 0 heterocycles. The molecule has 4 nitrogen and oxygen atoms in total. The molecule has 0 aliphatic carbocycles. The Hall–Kier alpha value is -3.06. The molecule has 2 aromatic rings. The van der Waals surface area contributed by atoms with Crippen LogP contribution in [-0.4, -0.2) is 36.3 Å². The van der Waals surface area contributed by atoms with Crippen LogP contribution in [0.1, 0.15) is 54.6 Å². The van der Waals surface area contributed by atoms with Crippen molar-refractivity contribution in [2.75, 3.05) is 19.6 Å². The lowest BCUT2D eigenvalue weighted by atomic mass is 10.1. The summed E-state index contributed by atoms with van der Waals surface area (Å²) in [7, 11) is 0. The summed E-state index contributed by atoms with van der Waals surface area (Å²) in [5.74, 6) is 6.06. The van der Waals surface area contributed by atoms with E-state index in [1.54, 1.807) is 17.0 Å². The molecule has 1 N–H and O–H groups in total. The number of benzene rings is 2. The van der Waals surface area contributed by atoms with Gasteiger partial charge < -0.3 is 10.2 Å². The Kier molecular flexibility index (Phi) is 9.51. The largest absolute Gasteiger partial charge is 0.345 e. The van der Waals surface area contributed by atoms with E-state index in [1.165, 1.54) is 5.56 Å². The molecule has 2 rings (SSSR count). The zero-order chi connectivity index (χ0) is 20.9. The fraction of sp³-hybridized carbons (Fsp3) is 0.360. The van der Waals surface area contributed by atoms with Gasteiger partial charge in [0.15, 0.2) is 0 Å². The molecule has 0 radical (unpaired) electrons. The standard InChI is InChI=1S/C25H30N2O2/c1-3-27(4-2)25(29)23-18-16-22(17-19-23)14-10-20-26-24(28)15-9-8-13-21-11-6-5-7-12-21/h5-7,11-12,16-19H,3-4,8-9,13,15,20H2,1-2H3,(H,26,28). The third-order valence-corrected chi connectivity index (χ3v) is 4.75. The van der Waals surface area contributed by atoms with E-state index in [0.717, 1.165) is 24.8 Å². The maximum absolute atomic E-state index is 12.3. The second-order valence-electron chi connectivity index (χ2n) is 6.83. The van der Waals surface area contributed by atoms with Gasteiger partial charge in [0.05, 0.1) is 6.54 Å². The summed E-state index contributed by atoms with van der Waals surface area (Å²) in [5, 5.41) is 2.84. The van der Waals surface area contributed by atoms with Crippen molar-refractivity contribution in [2.24, 2.45) is 0 Å². The molecule has 0 atom stereocenters. The molecule has 0 unspecified atom stereocenters. The number of carbonyl (C=O) groups excluding carboxylic acids is 2. The Balaban J connectivity index is 1.68. The fourth-order valence-electron chi connectivity index (χ4n) is 3.03. The molecule has 0 aliphatic rings. The molecular formula is C25H30N2O2. The van der Waals surface area contributed by atoms with E-state index in [2.05, 4.69) is 29.3 Å². The highest BCUT2D eigenvalue weighted by atomic mass is 16.2. The second-order valence-corrected chi connectivity index (χ2v) is 6.83. The van der Waals surface area contributed by atoms with Crippen molar-refractivity contribution in [3.8, 4) is 11.8 Å². The highest BCUT2D eigenvalue weighted by Gasteiger charge is 2.11. The predicted molar refractivity (Wildman–Crippen MR) is 118 cm³/mol. The van der Waals surface area contributed by atoms with Gasteiger partial charge in [0.25, 0.3) is 5.91 Å². The number of rotatable bonds is 9. The Morgan fingerprint density at radius 1 is 0.931 bits per heavy atom. The molecule has 29 heavy (non-hydrogen) atoms. The highest BCUT2D eigenvalue weighted by molar-refractivity contribution is 5.94. The summed E-state index contributed by atoms with van der Waals surface area (Å²) in [6.45, 7) is 5.67. The van der Waals surface area contributed by atoms with Crippen molar-refractivity contribution < 1.29 is 9.59 Å². The first-order chi connectivity index (χ1) is 14.1. The van der Waals surface area contributed by atoms with Crippen LogP contribution in [0.25, 0.3) is 0 Å². The van der Waals surface area contributed by atoms with Crippen molar-refractivity contribution in [2.45, 2.75) is 39.5 Å². The summed E-state index contributed by atoms with van der Waals surface area (Å²) in [6.07, 6.45) is 3.40. The average Bonchev–Trinajstić information content (AvgIpc) is 2.76. The molecule has 152 valence electrons. The third kappa shape index (κ3) is 7.83. The van der Waals surface area contributed by atoms with Crippen molar-refractivity contribution in [3.05, 3.63) is 71.3 Å². The minimum Gasteiger partial charge on any atom is -0.345 e. The van der Waals surface area contributed by atoms with Crippen LogP contribution in [0.4, 0.5) is 0 Å². The molecule has 0 saturated carbocycles. The molecule has 0 fully saturated rings.